The number of benzene rings is 1. The van der Waals surface area contributed by atoms with E-state index in [1.54, 1.807) is 24.5 Å². The maximum atomic E-state index is 13.6. The van der Waals surface area contributed by atoms with E-state index in [2.05, 4.69) is 11.9 Å². The molecular formula is C26H31FN2O2. The molecule has 5 heteroatoms. The molecule has 0 aliphatic carbocycles. The Morgan fingerprint density at radius 2 is 1.55 bits per heavy atom. The molecule has 0 amide bonds. The van der Waals surface area contributed by atoms with Crippen LogP contribution in [-0.4, -0.2) is 22.6 Å². The van der Waals surface area contributed by atoms with Gasteiger partial charge in [0.15, 0.2) is 0 Å². The molecule has 0 saturated carbocycles. The van der Waals surface area contributed by atoms with E-state index in [0.717, 1.165) is 47.2 Å². The zero-order chi connectivity index (χ0) is 22.2. The maximum absolute atomic E-state index is 13.6. The van der Waals surface area contributed by atoms with Crippen LogP contribution < -0.4 is 0 Å². The summed E-state index contributed by atoms with van der Waals surface area (Å²) >= 11 is 0. The molecule has 2 heterocycles. The van der Waals surface area contributed by atoms with E-state index < -0.39 is 5.97 Å². The third-order valence-corrected chi connectivity index (χ3v) is 5.76. The molecule has 1 aromatic carbocycles. The average Bonchev–Trinajstić information content (AvgIpc) is 3.09. The lowest BCUT2D eigenvalue weighted by molar-refractivity contribution is 0.0590. The van der Waals surface area contributed by atoms with Crippen molar-refractivity contribution in [1.82, 2.24) is 9.55 Å². The van der Waals surface area contributed by atoms with Crippen LogP contribution in [0.4, 0.5) is 4.39 Å². The lowest BCUT2D eigenvalue weighted by Crippen LogP contribution is -2.10. The molecule has 4 nitrogen and oxygen atoms in total. The third-order valence-electron chi connectivity index (χ3n) is 5.76. The van der Waals surface area contributed by atoms with Crippen LogP contribution in [0.2, 0.25) is 0 Å². The first-order valence-electron chi connectivity index (χ1n) is 11.0. The summed E-state index contributed by atoms with van der Waals surface area (Å²) in [5, 5.41) is 0. The number of hydrogen-bond acceptors (Lipinski definition) is 3. The van der Waals surface area contributed by atoms with Gasteiger partial charge >= 0.3 is 5.97 Å². The summed E-state index contributed by atoms with van der Waals surface area (Å²) < 4.78 is 20.7. The van der Waals surface area contributed by atoms with Gasteiger partial charge in [0.2, 0.25) is 0 Å². The van der Waals surface area contributed by atoms with Crippen LogP contribution in [-0.2, 0) is 18.2 Å². The van der Waals surface area contributed by atoms with Crippen molar-refractivity contribution in [1.29, 1.82) is 0 Å². The van der Waals surface area contributed by atoms with Crippen molar-refractivity contribution in [3.05, 3.63) is 66.0 Å². The Balaban J connectivity index is 2.10. The molecule has 31 heavy (non-hydrogen) atoms. The second-order valence-corrected chi connectivity index (χ2v) is 7.86. The summed E-state index contributed by atoms with van der Waals surface area (Å²) in [5.74, 6) is -0.705. The molecule has 0 bridgehead atoms. The van der Waals surface area contributed by atoms with E-state index in [9.17, 15) is 9.18 Å². The van der Waals surface area contributed by atoms with Crippen molar-refractivity contribution in [3.8, 4) is 22.3 Å². The highest BCUT2D eigenvalue weighted by Crippen LogP contribution is 2.40. The summed E-state index contributed by atoms with van der Waals surface area (Å²) in [4.78, 5) is 17.0. The van der Waals surface area contributed by atoms with Gasteiger partial charge < -0.3 is 9.30 Å². The Bertz CT molecular complexity index is 994. The lowest BCUT2D eigenvalue weighted by Gasteiger charge is -2.10. The molecular weight excluding hydrogens is 391 g/mol. The molecule has 3 aromatic rings. The average molecular weight is 423 g/mol. The van der Waals surface area contributed by atoms with Crippen LogP contribution >= 0.6 is 0 Å². The normalized spacial score (nSPS) is 11.0. The standard InChI is InChI=1S/C26H31FN2O2/c1-4-5-6-7-8-9-10-22-23(20-15-17-28-18-16-20)24(19-11-13-21(27)14-12-19)25(29(22)2)26(30)31-3/h11-18H,4-10H2,1-3H3. The van der Waals surface area contributed by atoms with E-state index >= 15 is 0 Å². The van der Waals surface area contributed by atoms with Gasteiger partial charge in [-0.15, -0.1) is 0 Å². The summed E-state index contributed by atoms with van der Waals surface area (Å²) in [5.41, 5.74) is 5.12. The van der Waals surface area contributed by atoms with Crippen LogP contribution in [0.5, 0.6) is 0 Å². The van der Waals surface area contributed by atoms with Crippen molar-refractivity contribution >= 4 is 5.97 Å². The van der Waals surface area contributed by atoms with Crippen LogP contribution in [0.15, 0.2) is 48.8 Å². The van der Waals surface area contributed by atoms with E-state index in [1.807, 2.05) is 23.7 Å². The van der Waals surface area contributed by atoms with Gasteiger partial charge in [-0.25, -0.2) is 9.18 Å². The Hall–Kier alpha value is -2.95. The molecule has 164 valence electrons. The lowest BCUT2D eigenvalue weighted by atomic mass is 9.94. The van der Waals surface area contributed by atoms with Gasteiger partial charge in [-0.3, -0.25) is 4.98 Å². The third kappa shape index (κ3) is 5.22. The summed E-state index contributed by atoms with van der Waals surface area (Å²) in [6.45, 7) is 2.22. The number of unbranched alkanes of at least 4 members (excludes halogenated alkanes) is 5. The molecule has 0 radical (unpaired) electrons. The molecule has 0 aliphatic heterocycles. The zero-order valence-corrected chi connectivity index (χ0v) is 18.7. The Morgan fingerprint density at radius 3 is 2.19 bits per heavy atom. The predicted molar refractivity (Wildman–Crippen MR) is 122 cm³/mol. The maximum Gasteiger partial charge on any atom is 0.355 e. The number of rotatable bonds is 10. The molecule has 0 N–H and O–H groups in total. The number of carbonyl (C=O) groups excluding carboxylic acids is 1. The van der Waals surface area contributed by atoms with Gasteiger partial charge in [0.1, 0.15) is 11.5 Å². The molecule has 2 aromatic heterocycles. The minimum absolute atomic E-state index is 0.308. The number of hydrogen-bond donors (Lipinski definition) is 0. The van der Waals surface area contributed by atoms with Crippen molar-refractivity contribution < 1.29 is 13.9 Å². The summed E-state index contributed by atoms with van der Waals surface area (Å²) in [6, 6.07) is 10.2. The van der Waals surface area contributed by atoms with Crippen LogP contribution in [0, 0.1) is 5.82 Å². The first-order valence-corrected chi connectivity index (χ1v) is 11.0. The number of nitrogens with zero attached hydrogens (tertiary/aromatic N) is 2. The number of carbonyl (C=O) groups is 1. The van der Waals surface area contributed by atoms with E-state index in [0.29, 0.717) is 5.69 Å². The van der Waals surface area contributed by atoms with Crippen LogP contribution in [0.3, 0.4) is 0 Å². The fourth-order valence-corrected chi connectivity index (χ4v) is 4.16. The minimum atomic E-state index is -0.397. The Morgan fingerprint density at radius 1 is 0.935 bits per heavy atom. The molecule has 0 unspecified atom stereocenters. The molecule has 0 saturated heterocycles. The van der Waals surface area contributed by atoms with Crippen molar-refractivity contribution in [2.24, 2.45) is 7.05 Å². The first-order chi connectivity index (χ1) is 15.1. The number of aromatic nitrogens is 2. The topological polar surface area (TPSA) is 44.1 Å². The quantitative estimate of drug-likeness (QED) is 0.274. The fourth-order valence-electron chi connectivity index (χ4n) is 4.16. The zero-order valence-electron chi connectivity index (χ0n) is 18.7. The number of ether oxygens (including phenoxy) is 1. The van der Waals surface area contributed by atoms with Crippen molar-refractivity contribution in [2.45, 2.75) is 51.9 Å². The highest BCUT2D eigenvalue weighted by atomic mass is 19.1. The largest absolute Gasteiger partial charge is 0.464 e. The Kier molecular flexibility index (Phi) is 7.99. The number of methoxy groups -OCH3 is 1. The first kappa shape index (κ1) is 22.7. The van der Waals surface area contributed by atoms with Gasteiger partial charge in [-0.1, -0.05) is 51.2 Å². The summed E-state index contributed by atoms with van der Waals surface area (Å²) in [6.07, 6.45) is 11.5. The molecule has 0 spiro atoms. The number of esters is 1. The molecule has 3 rings (SSSR count). The van der Waals surface area contributed by atoms with Gasteiger partial charge in [0.25, 0.3) is 0 Å². The molecule has 0 atom stereocenters. The minimum Gasteiger partial charge on any atom is -0.464 e. The SMILES string of the molecule is CCCCCCCCc1c(-c2ccncc2)c(-c2ccc(F)cc2)c(C(=O)OC)n1C. The Labute approximate surface area is 184 Å². The van der Waals surface area contributed by atoms with Gasteiger partial charge in [-0.2, -0.15) is 0 Å². The van der Waals surface area contributed by atoms with Gasteiger partial charge in [0.05, 0.1) is 7.11 Å². The highest BCUT2D eigenvalue weighted by molar-refractivity contribution is 6.02. The van der Waals surface area contributed by atoms with Gasteiger partial charge in [0, 0.05) is 36.3 Å². The number of halogens is 1. The highest BCUT2D eigenvalue weighted by Gasteiger charge is 2.27. The van der Waals surface area contributed by atoms with E-state index in [-0.39, 0.29) is 5.82 Å². The van der Waals surface area contributed by atoms with E-state index in [4.69, 9.17) is 4.74 Å². The monoisotopic (exact) mass is 422 g/mol. The smallest absolute Gasteiger partial charge is 0.355 e. The molecule has 0 fully saturated rings. The second kappa shape index (κ2) is 10.9. The molecule has 0 aliphatic rings. The van der Waals surface area contributed by atoms with Crippen molar-refractivity contribution in [2.75, 3.05) is 7.11 Å². The van der Waals surface area contributed by atoms with Crippen LogP contribution in [0.1, 0.15) is 61.6 Å². The second-order valence-electron chi connectivity index (χ2n) is 7.86. The fraction of sp³-hybridized carbons (Fsp3) is 0.385. The van der Waals surface area contributed by atoms with Crippen molar-refractivity contribution in [3.63, 3.8) is 0 Å². The number of pyridine rings is 1. The van der Waals surface area contributed by atoms with Gasteiger partial charge in [-0.05, 0) is 48.2 Å². The van der Waals surface area contributed by atoms with E-state index in [1.165, 1.54) is 44.9 Å². The summed E-state index contributed by atoms with van der Waals surface area (Å²) in [7, 11) is 3.31. The van der Waals surface area contributed by atoms with Crippen LogP contribution in [0.25, 0.3) is 22.3 Å². The predicted octanol–water partition coefficient (Wildman–Crippen LogP) is 6.58.